The number of carboxylic acids is 1. The number of para-hydroxylation sites is 2. The van der Waals surface area contributed by atoms with Gasteiger partial charge in [0.2, 0.25) is 0 Å². The quantitative estimate of drug-likeness (QED) is 0.801. The lowest BCUT2D eigenvalue weighted by Crippen LogP contribution is -2.07. The van der Waals surface area contributed by atoms with Crippen molar-refractivity contribution < 1.29 is 14.6 Å². The zero-order valence-electron chi connectivity index (χ0n) is 11.3. The molecule has 0 saturated carbocycles. The number of aromatic carboxylic acids is 1. The van der Waals surface area contributed by atoms with Crippen molar-refractivity contribution in [1.82, 2.24) is 4.57 Å². The number of hydrogen-bond donors (Lipinski definition) is 1. The molecule has 0 saturated heterocycles. The van der Waals surface area contributed by atoms with Crippen molar-refractivity contribution in [3.63, 3.8) is 0 Å². The topological polar surface area (TPSA) is 51.5 Å². The number of carboxylic acid groups (broad SMARTS) is 1. The average molecular weight is 304 g/mol. The molecular weight excluding hydrogens is 290 g/mol. The Hall–Kier alpha value is -2.46. The lowest BCUT2D eigenvalue weighted by atomic mass is 10.2. The van der Waals surface area contributed by atoms with Crippen LogP contribution in [0.15, 0.2) is 54.6 Å². The summed E-state index contributed by atoms with van der Waals surface area (Å²) in [5, 5.41) is 10.3. The van der Waals surface area contributed by atoms with Gasteiger partial charge in [-0.25, -0.2) is 4.79 Å². The summed E-state index contributed by atoms with van der Waals surface area (Å²) in [7, 11) is 1.49. The van der Waals surface area contributed by atoms with Crippen LogP contribution in [0.5, 0.6) is 5.75 Å². The van der Waals surface area contributed by atoms with E-state index in [1.807, 2.05) is 54.6 Å². The van der Waals surface area contributed by atoms with Crippen LogP contribution < -0.4 is 4.74 Å². The van der Waals surface area contributed by atoms with E-state index in [0.717, 1.165) is 16.6 Å². The fourth-order valence-electron chi connectivity index (χ4n) is 2.45. The second kappa shape index (κ2) is 5.89. The van der Waals surface area contributed by atoms with Gasteiger partial charge in [-0.15, -0.1) is 12.4 Å². The molecule has 1 heterocycles. The van der Waals surface area contributed by atoms with Gasteiger partial charge < -0.3 is 14.4 Å². The highest BCUT2D eigenvalue weighted by Crippen LogP contribution is 2.35. The number of carbonyl (C=O) groups is 1. The Kier molecular flexibility index (Phi) is 4.19. The average Bonchev–Trinajstić information content (AvgIpc) is 2.82. The molecule has 0 aliphatic rings. The van der Waals surface area contributed by atoms with Gasteiger partial charge in [0.25, 0.3) is 0 Å². The molecule has 0 bridgehead atoms. The zero-order chi connectivity index (χ0) is 14.1. The van der Waals surface area contributed by atoms with E-state index in [4.69, 9.17) is 4.74 Å². The number of aromatic nitrogens is 1. The minimum Gasteiger partial charge on any atom is -0.494 e. The molecule has 0 fully saturated rings. The predicted molar refractivity (Wildman–Crippen MR) is 84.0 cm³/mol. The molecule has 2 aromatic carbocycles. The molecule has 1 N–H and O–H groups in total. The van der Waals surface area contributed by atoms with E-state index in [2.05, 4.69) is 0 Å². The molecule has 21 heavy (non-hydrogen) atoms. The van der Waals surface area contributed by atoms with E-state index < -0.39 is 5.97 Å². The number of fused-ring (bicyclic) bond motifs is 1. The van der Waals surface area contributed by atoms with Gasteiger partial charge in [0.1, 0.15) is 0 Å². The van der Waals surface area contributed by atoms with Crippen molar-refractivity contribution in [2.75, 3.05) is 7.11 Å². The van der Waals surface area contributed by atoms with Gasteiger partial charge in [-0.05, 0) is 24.3 Å². The van der Waals surface area contributed by atoms with Gasteiger partial charge >= 0.3 is 5.97 Å². The van der Waals surface area contributed by atoms with Gasteiger partial charge in [-0.1, -0.05) is 30.3 Å². The fourth-order valence-corrected chi connectivity index (χ4v) is 2.45. The Morgan fingerprint density at radius 2 is 1.67 bits per heavy atom. The summed E-state index contributed by atoms with van der Waals surface area (Å²) in [6.45, 7) is 0. The fraction of sp³-hybridized carbons (Fsp3) is 0.0625. The number of benzene rings is 2. The number of hydrogen-bond acceptors (Lipinski definition) is 2. The summed E-state index contributed by atoms with van der Waals surface area (Å²) in [6, 6.07) is 16.9. The molecule has 0 aliphatic carbocycles. The Morgan fingerprint density at radius 3 is 2.29 bits per heavy atom. The number of nitrogens with zero attached hydrogens (tertiary/aromatic N) is 1. The molecule has 108 valence electrons. The molecule has 0 radical (unpaired) electrons. The highest BCUT2D eigenvalue weighted by Gasteiger charge is 2.23. The second-order valence-electron chi connectivity index (χ2n) is 4.38. The van der Waals surface area contributed by atoms with Crippen LogP contribution in [0.3, 0.4) is 0 Å². The monoisotopic (exact) mass is 303 g/mol. The first kappa shape index (κ1) is 14.9. The number of ether oxygens (including phenoxy) is 1. The molecule has 1 aromatic heterocycles. The Balaban J connectivity index is 0.00000161. The first-order valence-corrected chi connectivity index (χ1v) is 6.20. The van der Waals surface area contributed by atoms with E-state index in [1.165, 1.54) is 7.11 Å². The number of halogens is 1. The van der Waals surface area contributed by atoms with E-state index in [1.54, 1.807) is 4.57 Å². The van der Waals surface area contributed by atoms with Crippen LogP contribution >= 0.6 is 12.4 Å². The number of rotatable bonds is 3. The maximum absolute atomic E-state index is 11.6. The third kappa shape index (κ3) is 2.34. The Morgan fingerprint density at radius 1 is 1.05 bits per heavy atom. The Labute approximate surface area is 128 Å². The van der Waals surface area contributed by atoms with Crippen molar-refractivity contribution in [2.45, 2.75) is 0 Å². The molecular formula is C16H14ClNO3. The van der Waals surface area contributed by atoms with E-state index in [9.17, 15) is 9.90 Å². The smallest absolute Gasteiger partial charge is 0.356 e. The molecule has 0 unspecified atom stereocenters. The summed E-state index contributed by atoms with van der Waals surface area (Å²) in [5.41, 5.74) is 1.75. The molecule has 0 aliphatic heterocycles. The maximum Gasteiger partial charge on any atom is 0.356 e. The number of methoxy groups -OCH3 is 1. The van der Waals surface area contributed by atoms with Crippen molar-refractivity contribution >= 4 is 29.3 Å². The molecule has 0 amide bonds. The Bertz CT molecular complexity index is 781. The summed E-state index contributed by atoms with van der Waals surface area (Å²) in [4.78, 5) is 11.6. The SMILES string of the molecule is COc1c(C(=O)O)n(-c2ccccc2)c2ccccc12.Cl. The lowest BCUT2D eigenvalue weighted by Gasteiger charge is -2.08. The molecule has 4 nitrogen and oxygen atoms in total. The third-order valence-electron chi connectivity index (χ3n) is 3.25. The molecule has 3 rings (SSSR count). The van der Waals surface area contributed by atoms with Crippen LogP contribution in [0.4, 0.5) is 0 Å². The van der Waals surface area contributed by atoms with Crippen molar-refractivity contribution in [3.8, 4) is 11.4 Å². The predicted octanol–water partition coefficient (Wildman–Crippen LogP) is 3.76. The van der Waals surface area contributed by atoms with Gasteiger partial charge in [0, 0.05) is 11.1 Å². The first-order chi connectivity index (χ1) is 9.74. The molecule has 5 heteroatoms. The minimum absolute atomic E-state index is 0. The molecule has 0 atom stereocenters. The second-order valence-corrected chi connectivity index (χ2v) is 4.38. The summed E-state index contributed by atoms with van der Waals surface area (Å²) in [6.07, 6.45) is 0. The van der Waals surface area contributed by atoms with E-state index in [-0.39, 0.29) is 18.1 Å². The normalized spacial score (nSPS) is 10.1. The van der Waals surface area contributed by atoms with Crippen LogP contribution in [-0.4, -0.2) is 22.8 Å². The van der Waals surface area contributed by atoms with Crippen molar-refractivity contribution in [1.29, 1.82) is 0 Å². The largest absolute Gasteiger partial charge is 0.494 e. The van der Waals surface area contributed by atoms with Crippen LogP contribution in [-0.2, 0) is 0 Å². The van der Waals surface area contributed by atoms with E-state index in [0.29, 0.717) is 5.75 Å². The van der Waals surface area contributed by atoms with Gasteiger partial charge in [0.15, 0.2) is 11.4 Å². The highest BCUT2D eigenvalue weighted by atomic mass is 35.5. The summed E-state index contributed by atoms with van der Waals surface area (Å²) in [5.74, 6) is -0.626. The summed E-state index contributed by atoms with van der Waals surface area (Å²) >= 11 is 0. The maximum atomic E-state index is 11.6. The molecule has 3 aromatic rings. The summed E-state index contributed by atoms with van der Waals surface area (Å²) < 4.78 is 7.03. The van der Waals surface area contributed by atoms with Crippen LogP contribution in [0.1, 0.15) is 10.5 Å². The highest BCUT2D eigenvalue weighted by molar-refractivity contribution is 6.02. The minimum atomic E-state index is -1.01. The standard InChI is InChI=1S/C16H13NO3.ClH/c1-20-15-12-9-5-6-10-13(12)17(14(15)16(18)19)11-7-3-2-4-8-11;/h2-10H,1H3,(H,18,19);1H. The van der Waals surface area contributed by atoms with Crippen molar-refractivity contribution in [3.05, 3.63) is 60.3 Å². The van der Waals surface area contributed by atoms with E-state index >= 15 is 0 Å². The lowest BCUT2D eigenvalue weighted by molar-refractivity contribution is 0.0685. The van der Waals surface area contributed by atoms with Crippen LogP contribution in [0.2, 0.25) is 0 Å². The third-order valence-corrected chi connectivity index (χ3v) is 3.25. The van der Waals surface area contributed by atoms with Gasteiger partial charge in [-0.2, -0.15) is 0 Å². The van der Waals surface area contributed by atoms with Gasteiger partial charge in [-0.3, -0.25) is 0 Å². The molecule has 0 spiro atoms. The van der Waals surface area contributed by atoms with Crippen LogP contribution in [0, 0.1) is 0 Å². The zero-order valence-corrected chi connectivity index (χ0v) is 12.1. The van der Waals surface area contributed by atoms with Crippen LogP contribution in [0.25, 0.3) is 16.6 Å². The first-order valence-electron chi connectivity index (χ1n) is 6.20. The van der Waals surface area contributed by atoms with Crippen molar-refractivity contribution in [2.24, 2.45) is 0 Å². The van der Waals surface area contributed by atoms with Gasteiger partial charge in [0.05, 0.1) is 12.6 Å².